The molecule has 0 bridgehead atoms. The summed E-state index contributed by atoms with van der Waals surface area (Å²) in [5.74, 6) is 0. The minimum Gasteiger partial charge on any atom is -0.336 e. The number of hydrogen-bond acceptors (Lipinski definition) is 2. The highest BCUT2D eigenvalue weighted by Crippen LogP contribution is 2.28. The monoisotopic (exact) mass is 356 g/mol. The lowest BCUT2D eigenvalue weighted by Crippen LogP contribution is -2.13. The van der Waals surface area contributed by atoms with Crippen molar-refractivity contribution in [3.8, 4) is 0 Å². The maximum Gasteiger partial charge on any atom is 0.0946 e. The second-order valence-corrected chi connectivity index (χ2v) is 7.79. The lowest BCUT2D eigenvalue weighted by atomic mass is 10.1. The van der Waals surface area contributed by atoms with Gasteiger partial charge in [-0.3, -0.25) is 0 Å². The van der Waals surface area contributed by atoms with Crippen LogP contribution < -0.4 is 0 Å². The number of aryl methyl sites for hydroxylation is 2. The molecular weight excluding hydrogens is 336 g/mol. The van der Waals surface area contributed by atoms with Crippen LogP contribution in [0.4, 0.5) is 0 Å². The first-order chi connectivity index (χ1) is 11.7. The molecule has 0 spiro atoms. The summed E-state index contributed by atoms with van der Waals surface area (Å²) in [6.45, 7) is 3.08. The van der Waals surface area contributed by atoms with E-state index in [0.29, 0.717) is 5.25 Å². The number of nitrogens with zero attached hydrogens (tertiary/aromatic N) is 2. The van der Waals surface area contributed by atoms with E-state index in [0.717, 1.165) is 24.4 Å². The molecule has 0 aliphatic rings. The van der Waals surface area contributed by atoms with Gasteiger partial charge in [-0.2, -0.15) is 0 Å². The van der Waals surface area contributed by atoms with E-state index in [9.17, 15) is 0 Å². The fourth-order valence-electron chi connectivity index (χ4n) is 2.61. The summed E-state index contributed by atoms with van der Waals surface area (Å²) >= 11 is 7.91. The summed E-state index contributed by atoms with van der Waals surface area (Å²) < 4.78 is 2.16. The standard InChI is InChI=1S/C20H21ClN2S/c1-16-2-4-17(5-3-16)6-9-20(14-23-13-12-22-15-23)24-19-10-7-18(21)8-11-19/h2-5,7-8,10-13,15,20H,6,9,14H2,1H3. The summed E-state index contributed by atoms with van der Waals surface area (Å²) in [6.07, 6.45) is 7.96. The van der Waals surface area contributed by atoms with Gasteiger partial charge in [0.05, 0.1) is 6.33 Å². The van der Waals surface area contributed by atoms with Crippen LogP contribution in [0.25, 0.3) is 0 Å². The Hall–Kier alpha value is -1.71. The van der Waals surface area contributed by atoms with Gasteiger partial charge in [-0.15, -0.1) is 11.8 Å². The SMILES string of the molecule is Cc1ccc(CCC(Cn2ccnc2)Sc2ccc(Cl)cc2)cc1. The lowest BCUT2D eigenvalue weighted by molar-refractivity contribution is 0.624. The van der Waals surface area contributed by atoms with Crippen LogP contribution in [-0.2, 0) is 13.0 Å². The van der Waals surface area contributed by atoms with Gasteiger partial charge in [0, 0.05) is 34.1 Å². The first kappa shape index (κ1) is 17.1. The first-order valence-corrected chi connectivity index (χ1v) is 9.38. The normalized spacial score (nSPS) is 12.2. The molecule has 0 fully saturated rings. The summed E-state index contributed by atoms with van der Waals surface area (Å²) in [4.78, 5) is 5.42. The highest BCUT2D eigenvalue weighted by Gasteiger charge is 2.12. The molecule has 2 aromatic carbocycles. The quantitative estimate of drug-likeness (QED) is 0.510. The molecule has 24 heavy (non-hydrogen) atoms. The lowest BCUT2D eigenvalue weighted by Gasteiger charge is -2.17. The predicted molar refractivity (Wildman–Crippen MR) is 103 cm³/mol. The van der Waals surface area contributed by atoms with Crippen molar-refractivity contribution < 1.29 is 0 Å². The Morgan fingerprint density at radius 1 is 1.08 bits per heavy atom. The van der Waals surface area contributed by atoms with Crippen molar-refractivity contribution in [2.75, 3.05) is 0 Å². The molecular formula is C20H21ClN2S. The highest BCUT2D eigenvalue weighted by molar-refractivity contribution is 8.00. The third-order valence-electron chi connectivity index (χ3n) is 3.97. The van der Waals surface area contributed by atoms with Crippen LogP contribution in [0.5, 0.6) is 0 Å². The van der Waals surface area contributed by atoms with Crippen LogP contribution in [0.2, 0.25) is 5.02 Å². The second kappa shape index (κ2) is 8.41. The maximum atomic E-state index is 6.00. The van der Waals surface area contributed by atoms with E-state index in [1.54, 1.807) is 0 Å². The van der Waals surface area contributed by atoms with Crippen molar-refractivity contribution in [2.45, 2.75) is 36.5 Å². The third kappa shape index (κ3) is 5.15. The number of halogens is 1. The average molecular weight is 357 g/mol. The van der Waals surface area contributed by atoms with E-state index < -0.39 is 0 Å². The molecule has 1 heterocycles. The molecule has 0 saturated heterocycles. The van der Waals surface area contributed by atoms with Crippen LogP contribution in [0.15, 0.2) is 72.1 Å². The number of aromatic nitrogens is 2. The third-order valence-corrected chi connectivity index (χ3v) is 5.48. The summed E-state index contributed by atoms with van der Waals surface area (Å²) in [6, 6.07) is 16.9. The molecule has 0 saturated carbocycles. The molecule has 1 atom stereocenters. The molecule has 4 heteroatoms. The van der Waals surface area contributed by atoms with Gasteiger partial charge in [0.1, 0.15) is 0 Å². The zero-order valence-corrected chi connectivity index (χ0v) is 15.3. The van der Waals surface area contributed by atoms with Gasteiger partial charge in [-0.1, -0.05) is 41.4 Å². The predicted octanol–water partition coefficient (Wildman–Crippen LogP) is 5.64. The van der Waals surface area contributed by atoms with Gasteiger partial charge in [-0.25, -0.2) is 4.98 Å². The molecule has 124 valence electrons. The largest absolute Gasteiger partial charge is 0.336 e. The number of thioether (sulfide) groups is 1. The zero-order valence-electron chi connectivity index (χ0n) is 13.7. The topological polar surface area (TPSA) is 17.8 Å². The molecule has 1 unspecified atom stereocenters. The van der Waals surface area contributed by atoms with E-state index in [2.05, 4.69) is 52.9 Å². The van der Waals surface area contributed by atoms with E-state index in [4.69, 9.17) is 11.6 Å². The Kier molecular flexibility index (Phi) is 6.00. The van der Waals surface area contributed by atoms with E-state index in [-0.39, 0.29) is 0 Å². The Morgan fingerprint density at radius 2 is 1.83 bits per heavy atom. The van der Waals surface area contributed by atoms with Crippen LogP contribution >= 0.6 is 23.4 Å². The molecule has 3 rings (SSSR count). The maximum absolute atomic E-state index is 6.00. The van der Waals surface area contributed by atoms with Crippen molar-refractivity contribution >= 4 is 23.4 Å². The highest BCUT2D eigenvalue weighted by atomic mass is 35.5. The zero-order chi connectivity index (χ0) is 16.8. The van der Waals surface area contributed by atoms with Crippen LogP contribution in [0.1, 0.15) is 17.5 Å². The molecule has 0 aliphatic carbocycles. The molecule has 1 aromatic heterocycles. The average Bonchev–Trinajstić information content (AvgIpc) is 3.09. The second-order valence-electron chi connectivity index (χ2n) is 5.98. The van der Waals surface area contributed by atoms with Crippen LogP contribution in [-0.4, -0.2) is 14.8 Å². The van der Waals surface area contributed by atoms with Crippen molar-refractivity contribution in [2.24, 2.45) is 0 Å². The molecule has 0 aliphatic heterocycles. The van der Waals surface area contributed by atoms with Gasteiger partial charge in [0.15, 0.2) is 0 Å². The van der Waals surface area contributed by atoms with Crippen molar-refractivity contribution in [3.05, 3.63) is 83.4 Å². The smallest absolute Gasteiger partial charge is 0.0946 e. The van der Waals surface area contributed by atoms with Gasteiger partial charge in [0.25, 0.3) is 0 Å². The Labute approximate surface area is 152 Å². The van der Waals surface area contributed by atoms with Gasteiger partial charge in [0.2, 0.25) is 0 Å². The van der Waals surface area contributed by atoms with E-state index >= 15 is 0 Å². The molecule has 0 radical (unpaired) electrons. The molecule has 0 N–H and O–H groups in total. The molecule has 3 aromatic rings. The summed E-state index contributed by atoms with van der Waals surface area (Å²) in [7, 11) is 0. The van der Waals surface area contributed by atoms with E-state index in [1.165, 1.54) is 16.0 Å². The number of rotatable bonds is 7. The Balaban J connectivity index is 1.66. The summed E-state index contributed by atoms with van der Waals surface area (Å²) in [5.41, 5.74) is 2.71. The van der Waals surface area contributed by atoms with Gasteiger partial charge < -0.3 is 4.57 Å². The van der Waals surface area contributed by atoms with Gasteiger partial charge in [-0.05, 0) is 49.6 Å². The minimum absolute atomic E-state index is 0.488. The summed E-state index contributed by atoms with van der Waals surface area (Å²) in [5, 5.41) is 1.27. The van der Waals surface area contributed by atoms with Crippen molar-refractivity contribution in [1.29, 1.82) is 0 Å². The number of hydrogen-bond donors (Lipinski definition) is 0. The van der Waals surface area contributed by atoms with E-state index in [1.807, 2.05) is 42.6 Å². The number of imidazole rings is 1. The molecule has 0 amide bonds. The van der Waals surface area contributed by atoms with Crippen LogP contribution in [0.3, 0.4) is 0 Å². The Bertz CT molecular complexity index is 736. The van der Waals surface area contributed by atoms with Crippen LogP contribution in [0, 0.1) is 6.92 Å². The number of benzene rings is 2. The first-order valence-electron chi connectivity index (χ1n) is 8.12. The fourth-order valence-corrected chi connectivity index (χ4v) is 3.89. The van der Waals surface area contributed by atoms with Gasteiger partial charge >= 0.3 is 0 Å². The fraction of sp³-hybridized carbons (Fsp3) is 0.250. The molecule has 2 nitrogen and oxygen atoms in total. The minimum atomic E-state index is 0.488. The Morgan fingerprint density at radius 3 is 2.50 bits per heavy atom. The van der Waals surface area contributed by atoms with Crippen molar-refractivity contribution in [1.82, 2.24) is 9.55 Å². The van der Waals surface area contributed by atoms with Crippen molar-refractivity contribution in [3.63, 3.8) is 0 Å².